The highest BCUT2D eigenvalue weighted by atomic mass is 16.5. The van der Waals surface area contributed by atoms with Crippen molar-refractivity contribution in [1.82, 2.24) is 10.6 Å². The third-order valence-corrected chi connectivity index (χ3v) is 4.17. The number of Topliss-reactive ketones (excluding diaryl/α,β-unsaturated/α-hetero) is 1. The maximum Gasteiger partial charge on any atom is 0.246 e. The average molecular weight is 342 g/mol. The van der Waals surface area contributed by atoms with E-state index >= 15 is 0 Å². The molecule has 0 saturated heterocycles. The lowest BCUT2D eigenvalue weighted by Gasteiger charge is -2.29. The molecular formula is C17H30N2O5. The molecule has 0 heterocycles. The Bertz CT molecular complexity index is 417. The molecule has 24 heavy (non-hydrogen) atoms. The summed E-state index contributed by atoms with van der Waals surface area (Å²) in [5, 5.41) is 5.43. The number of rotatable bonds is 10. The molecule has 7 heteroatoms. The number of hydrogen-bond donors (Lipinski definition) is 2. The van der Waals surface area contributed by atoms with Gasteiger partial charge in [-0.15, -0.1) is 0 Å². The van der Waals surface area contributed by atoms with Gasteiger partial charge in [0.15, 0.2) is 0 Å². The third-order valence-electron chi connectivity index (χ3n) is 4.17. The topological polar surface area (TPSA) is 93.7 Å². The summed E-state index contributed by atoms with van der Waals surface area (Å²) in [7, 11) is 1.56. The fourth-order valence-electron chi connectivity index (χ4n) is 2.81. The van der Waals surface area contributed by atoms with Gasteiger partial charge in [-0.25, -0.2) is 0 Å². The van der Waals surface area contributed by atoms with Gasteiger partial charge in [0.1, 0.15) is 12.4 Å². The zero-order valence-electron chi connectivity index (χ0n) is 14.9. The Morgan fingerprint density at radius 2 is 1.71 bits per heavy atom. The summed E-state index contributed by atoms with van der Waals surface area (Å²) >= 11 is 0. The molecule has 0 unspecified atom stereocenters. The van der Waals surface area contributed by atoms with Crippen LogP contribution in [0.1, 0.15) is 39.5 Å². The first-order valence-corrected chi connectivity index (χ1v) is 8.60. The molecule has 0 spiro atoms. The van der Waals surface area contributed by atoms with Crippen molar-refractivity contribution in [2.75, 3.05) is 33.5 Å². The molecule has 1 aliphatic rings. The highest BCUT2D eigenvalue weighted by Gasteiger charge is 2.28. The summed E-state index contributed by atoms with van der Waals surface area (Å²) in [6, 6.07) is 0.0866. The average Bonchev–Trinajstić information content (AvgIpc) is 2.57. The van der Waals surface area contributed by atoms with E-state index < -0.39 is 0 Å². The molecule has 1 aliphatic carbocycles. The van der Waals surface area contributed by atoms with Crippen LogP contribution >= 0.6 is 0 Å². The molecule has 7 nitrogen and oxygen atoms in total. The predicted molar refractivity (Wildman–Crippen MR) is 89.4 cm³/mol. The van der Waals surface area contributed by atoms with Crippen LogP contribution < -0.4 is 10.6 Å². The van der Waals surface area contributed by atoms with Crippen LogP contribution in [0.25, 0.3) is 0 Å². The summed E-state index contributed by atoms with van der Waals surface area (Å²) in [6.07, 6.45) is 3.26. The normalized spacial score (nSPS) is 20.7. The summed E-state index contributed by atoms with van der Waals surface area (Å²) < 4.78 is 9.87. The van der Waals surface area contributed by atoms with Crippen molar-refractivity contribution in [2.24, 2.45) is 11.8 Å². The lowest BCUT2D eigenvalue weighted by Crippen LogP contribution is -2.44. The molecule has 0 radical (unpaired) electrons. The molecule has 0 atom stereocenters. The van der Waals surface area contributed by atoms with E-state index in [0.717, 1.165) is 25.7 Å². The second-order valence-electron chi connectivity index (χ2n) is 6.50. The molecule has 0 aliphatic heterocycles. The fraction of sp³-hybridized carbons (Fsp3) is 0.824. The van der Waals surface area contributed by atoms with E-state index in [1.807, 2.05) is 13.8 Å². The largest absolute Gasteiger partial charge is 0.382 e. The maximum atomic E-state index is 12.0. The Kier molecular flexibility index (Phi) is 9.56. The van der Waals surface area contributed by atoms with E-state index in [1.165, 1.54) is 0 Å². The molecule has 2 amide bonds. The SMILES string of the molecule is COCCOCC(=O)NCC(=O)NC1CCC(C(=O)C(C)C)CC1. The van der Waals surface area contributed by atoms with Crippen LogP contribution in [0.4, 0.5) is 0 Å². The van der Waals surface area contributed by atoms with E-state index in [9.17, 15) is 14.4 Å². The van der Waals surface area contributed by atoms with Crippen molar-refractivity contribution in [3.63, 3.8) is 0 Å². The van der Waals surface area contributed by atoms with Gasteiger partial charge in [-0.2, -0.15) is 0 Å². The minimum absolute atomic E-state index is 0.0582. The molecule has 0 aromatic carbocycles. The Hall–Kier alpha value is -1.47. The lowest BCUT2D eigenvalue weighted by atomic mass is 9.80. The molecule has 1 saturated carbocycles. The molecule has 1 fully saturated rings. The molecule has 1 rings (SSSR count). The standard InChI is InChI=1S/C17H30N2O5/c1-12(2)17(22)13-4-6-14(7-5-13)19-15(20)10-18-16(21)11-24-9-8-23-3/h12-14H,4-11H2,1-3H3,(H,18,21)(H,19,20). The fourth-order valence-corrected chi connectivity index (χ4v) is 2.81. The first-order valence-electron chi connectivity index (χ1n) is 8.60. The molecule has 0 bridgehead atoms. The van der Waals surface area contributed by atoms with Crippen molar-refractivity contribution in [2.45, 2.75) is 45.6 Å². The predicted octanol–water partition coefficient (Wildman–Crippen LogP) is 0.666. The number of carbonyl (C=O) groups is 3. The van der Waals surface area contributed by atoms with Gasteiger partial charge >= 0.3 is 0 Å². The molecular weight excluding hydrogens is 312 g/mol. The molecule has 2 N–H and O–H groups in total. The van der Waals surface area contributed by atoms with E-state index in [1.54, 1.807) is 7.11 Å². The van der Waals surface area contributed by atoms with Crippen molar-refractivity contribution in [3.8, 4) is 0 Å². The van der Waals surface area contributed by atoms with Crippen LogP contribution in [0.5, 0.6) is 0 Å². The lowest BCUT2D eigenvalue weighted by molar-refractivity contribution is -0.130. The van der Waals surface area contributed by atoms with Crippen molar-refractivity contribution in [1.29, 1.82) is 0 Å². The van der Waals surface area contributed by atoms with Crippen LogP contribution in [0.15, 0.2) is 0 Å². The molecule has 0 aromatic heterocycles. The highest BCUT2D eigenvalue weighted by Crippen LogP contribution is 2.27. The first kappa shape index (κ1) is 20.6. The van der Waals surface area contributed by atoms with Crippen LogP contribution in [-0.2, 0) is 23.9 Å². The summed E-state index contributed by atoms with van der Waals surface area (Å²) in [5.41, 5.74) is 0. The van der Waals surface area contributed by atoms with Crippen LogP contribution in [0.3, 0.4) is 0 Å². The van der Waals surface area contributed by atoms with Crippen LogP contribution in [-0.4, -0.2) is 57.1 Å². The van der Waals surface area contributed by atoms with E-state index in [4.69, 9.17) is 9.47 Å². The summed E-state index contributed by atoms with van der Waals surface area (Å²) in [4.78, 5) is 35.3. The first-order chi connectivity index (χ1) is 11.4. The maximum absolute atomic E-state index is 12.0. The number of ether oxygens (including phenoxy) is 2. The minimum Gasteiger partial charge on any atom is -0.382 e. The van der Waals surface area contributed by atoms with E-state index in [0.29, 0.717) is 19.0 Å². The van der Waals surface area contributed by atoms with Crippen molar-refractivity contribution >= 4 is 17.6 Å². The van der Waals surface area contributed by atoms with E-state index in [-0.39, 0.29) is 42.8 Å². The van der Waals surface area contributed by atoms with Gasteiger partial charge < -0.3 is 20.1 Å². The number of carbonyl (C=O) groups excluding carboxylic acids is 3. The molecule has 0 aromatic rings. The Balaban J connectivity index is 2.16. The number of methoxy groups -OCH3 is 1. The Morgan fingerprint density at radius 1 is 1.04 bits per heavy atom. The van der Waals surface area contributed by atoms with Crippen molar-refractivity contribution < 1.29 is 23.9 Å². The Labute approximate surface area is 143 Å². The zero-order chi connectivity index (χ0) is 17.9. The van der Waals surface area contributed by atoms with Gasteiger partial charge in [0.2, 0.25) is 11.8 Å². The summed E-state index contributed by atoms with van der Waals surface area (Å²) in [6.45, 7) is 4.48. The van der Waals surface area contributed by atoms with Gasteiger partial charge in [-0.05, 0) is 25.7 Å². The highest BCUT2D eigenvalue weighted by molar-refractivity contribution is 5.85. The van der Waals surface area contributed by atoms with Gasteiger partial charge in [0.25, 0.3) is 0 Å². The van der Waals surface area contributed by atoms with Gasteiger partial charge in [0, 0.05) is 25.0 Å². The second-order valence-corrected chi connectivity index (χ2v) is 6.50. The third kappa shape index (κ3) is 7.88. The van der Waals surface area contributed by atoms with Gasteiger partial charge in [-0.3, -0.25) is 14.4 Å². The van der Waals surface area contributed by atoms with E-state index in [2.05, 4.69) is 10.6 Å². The van der Waals surface area contributed by atoms with Crippen molar-refractivity contribution in [3.05, 3.63) is 0 Å². The monoisotopic (exact) mass is 342 g/mol. The van der Waals surface area contributed by atoms with Gasteiger partial charge in [0.05, 0.1) is 19.8 Å². The quantitative estimate of drug-likeness (QED) is 0.569. The minimum atomic E-state index is -0.326. The second kappa shape index (κ2) is 11.1. The Morgan fingerprint density at radius 3 is 2.29 bits per heavy atom. The van der Waals surface area contributed by atoms with Crippen LogP contribution in [0.2, 0.25) is 0 Å². The number of nitrogens with one attached hydrogen (secondary N) is 2. The smallest absolute Gasteiger partial charge is 0.246 e. The zero-order valence-corrected chi connectivity index (χ0v) is 14.9. The number of ketones is 1. The molecule has 138 valence electrons. The summed E-state index contributed by atoms with van der Waals surface area (Å²) in [5.74, 6) is -0.0172. The van der Waals surface area contributed by atoms with Gasteiger partial charge in [-0.1, -0.05) is 13.8 Å². The number of hydrogen-bond acceptors (Lipinski definition) is 5. The number of amides is 2. The van der Waals surface area contributed by atoms with Crippen LogP contribution in [0, 0.1) is 11.8 Å².